The minimum Gasteiger partial charge on any atom is -0.488 e. The number of rotatable bonds is 5. The van der Waals surface area contributed by atoms with Crippen LogP contribution in [0, 0.1) is 0 Å². The van der Waals surface area contributed by atoms with Gasteiger partial charge in [0, 0.05) is 28.5 Å². The molecule has 1 heterocycles. The van der Waals surface area contributed by atoms with Gasteiger partial charge >= 0.3 is 0 Å². The van der Waals surface area contributed by atoms with Crippen LogP contribution in [0.5, 0.6) is 5.75 Å². The number of hydrogen-bond donors (Lipinski definition) is 0. The average molecular weight is 704 g/mol. The smallest absolute Gasteiger partial charge is 0.127 e. The van der Waals surface area contributed by atoms with Gasteiger partial charge in [-0.05, 0) is 133 Å². The molecule has 0 aromatic heterocycles. The fourth-order valence-corrected chi connectivity index (χ4v) is 8.98. The first-order valence-electron chi connectivity index (χ1n) is 19.2. The fourth-order valence-electron chi connectivity index (χ4n) is 8.98. The fraction of sp³-hybridized carbons (Fsp3) is 0.0566. The van der Waals surface area contributed by atoms with Gasteiger partial charge in [0.05, 0.1) is 0 Å². The van der Waals surface area contributed by atoms with E-state index < -0.39 is 0 Å². The van der Waals surface area contributed by atoms with Gasteiger partial charge in [0.25, 0.3) is 0 Å². The monoisotopic (exact) mass is 703 g/mol. The van der Waals surface area contributed by atoms with Crippen LogP contribution in [0.1, 0.15) is 28.2 Å². The van der Waals surface area contributed by atoms with E-state index in [9.17, 15) is 0 Å². The maximum atomic E-state index is 6.16. The van der Waals surface area contributed by atoms with Gasteiger partial charge in [0.15, 0.2) is 0 Å². The van der Waals surface area contributed by atoms with Crippen molar-refractivity contribution in [1.82, 2.24) is 0 Å². The molecule has 0 amide bonds. The number of fused-ring (bicyclic) bond motifs is 9. The van der Waals surface area contributed by atoms with E-state index in [1.54, 1.807) is 0 Å². The summed E-state index contributed by atoms with van der Waals surface area (Å²) in [5.74, 6) is 1.18. The van der Waals surface area contributed by atoms with Gasteiger partial charge in [-0.2, -0.15) is 0 Å². The highest BCUT2D eigenvalue weighted by Crippen LogP contribution is 2.48. The molecule has 260 valence electrons. The third-order valence-corrected chi connectivity index (χ3v) is 11.7. The van der Waals surface area contributed by atoms with E-state index in [1.807, 2.05) is 0 Å². The predicted octanol–water partition coefficient (Wildman–Crippen LogP) is 14.0. The normalized spacial score (nSPS) is 14.0. The summed E-state index contributed by atoms with van der Waals surface area (Å²) >= 11 is 0. The van der Waals surface area contributed by atoms with Gasteiger partial charge in [-0.1, -0.05) is 140 Å². The molecule has 2 aliphatic rings. The molecule has 1 aliphatic carbocycles. The summed E-state index contributed by atoms with van der Waals surface area (Å²) in [4.78, 5) is 2.42. The molecule has 2 nitrogen and oxygen atoms in total. The Labute approximate surface area is 321 Å². The molecule has 1 aliphatic heterocycles. The molecule has 11 rings (SSSR count). The van der Waals surface area contributed by atoms with Crippen molar-refractivity contribution in [2.75, 3.05) is 4.90 Å². The van der Waals surface area contributed by atoms with E-state index in [0.29, 0.717) is 6.61 Å². The predicted molar refractivity (Wildman–Crippen MR) is 229 cm³/mol. The lowest BCUT2D eigenvalue weighted by Crippen LogP contribution is -2.15. The van der Waals surface area contributed by atoms with Crippen LogP contribution in [0.3, 0.4) is 0 Å². The minimum atomic E-state index is 0.227. The molecular formula is C53H37NO. The van der Waals surface area contributed by atoms with Crippen LogP contribution in [-0.4, -0.2) is 0 Å². The van der Waals surface area contributed by atoms with Crippen molar-refractivity contribution >= 4 is 38.6 Å². The molecule has 0 radical (unpaired) electrons. The highest BCUT2D eigenvalue weighted by atomic mass is 16.5. The van der Waals surface area contributed by atoms with Gasteiger partial charge in [0.2, 0.25) is 0 Å². The zero-order valence-electron chi connectivity index (χ0n) is 30.3. The van der Waals surface area contributed by atoms with Gasteiger partial charge in [0.1, 0.15) is 12.4 Å². The Hall–Kier alpha value is -6.90. The van der Waals surface area contributed by atoms with Crippen LogP contribution in [0.15, 0.2) is 194 Å². The van der Waals surface area contributed by atoms with Crippen molar-refractivity contribution in [3.05, 3.63) is 216 Å². The van der Waals surface area contributed by atoms with Crippen molar-refractivity contribution in [2.24, 2.45) is 0 Å². The molecule has 0 bridgehead atoms. The second-order valence-corrected chi connectivity index (χ2v) is 14.8. The standard InChI is InChI=1S/C53H37NO/c1-3-11-35(12-4-1)48-31-40-22-21-38(39-24-28-53-52(30-39)46-18-10-8-14-41(46)34-55-53)29-49(40)47-27-26-44(33-51(47)48)54(42-15-5-2-6-16-42)43-25-23-37-20-19-36-13-7-9-17-45(36)50(37)32-43/h1-30,32-33,48H,31,34H2. The molecule has 9 aromatic carbocycles. The summed E-state index contributed by atoms with van der Waals surface area (Å²) in [6.45, 7) is 0.613. The first kappa shape index (κ1) is 31.6. The number of anilines is 3. The van der Waals surface area contributed by atoms with E-state index in [1.165, 1.54) is 71.6 Å². The van der Waals surface area contributed by atoms with Crippen molar-refractivity contribution in [3.63, 3.8) is 0 Å². The Morgan fingerprint density at radius 1 is 0.418 bits per heavy atom. The topological polar surface area (TPSA) is 12.5 Å². The van der Waals surface area contributed by atoms with Gasteiger partial charge < -0.3 is 9.64 Å². The largest absolute Gasteiger partial charge is 0.488 e. The summed E-state index contributed by atoms with van der Waals surface area (Å²) in [6, 6.07) is 71.3. The number of hydrogen-bond acceptors (Lipinski definition) is 2. The van der Waals surface area contributed by atoms with E-state index in [0.717, 1.165) is 34.8 Å². The van der Waals surface area contributed by atoms with Crippen LogP contribution >= 0.6 is 0 Å². The quantitative estimate of drug-likeness (QED) is 0.166. The summed E-state index contributed by atoms with van der Waals surface area (Å²) in [6.07, 6.45) is 0.939. The van der Waals surface area contributed by atoms with Gasteiger partial charge in [-0.3, -0.25) is 0 Å². The molecule has 0 fully saturated rings. The van der Waals surface area contributed by atoms with E-state index >= 15 is 0 Å². The number of nitrogens with zero attached hydrogens (tertiary/aromatic N) is 1. The summed E-state index contributed by atoms with van der Waals surface area (Å²) in [5, 5.41) is 5.03. The molecule has 55 heavy (non-hydrogen) atoms. The molecule has 0 spiro atoms. The number of ether oxygens (including phenoxy) is 1. The average Bonchev–Trinajstić information content (AvgIpc) is 3.26. The lowest BCUT2D eigenvalue weighted by molar-refractivity contribution is 0.302. The highest BCUT2D eigenvalue weighted by molar-refractivity contribution is 6.09. The first-order chi connectivity index (χ1) is 27.2. The van der Waals surface area contributed by atoms with Crippen LogP contribution in [0.4, 0.5) is 17.1 Å². The second kappa shape index (κ2) is 12.9. The molecule has 0 saturated carbocycles. The van der Waals surface area contributed by atoms with Crippen LogP contribution < -0.4 is 9.64 Å². The minimum absolute atomic E-state index is 0.227. The molecule has 0 saturated heterocycles. The molecule has 9 aromatic rings. The maximum Gasteiger partial charge on any atom is 0.127 e. The third-order valence-electron chi connectivity index (χ3n) is 11.7. The number of benzene rings is 9. The summed E-state index contributed by atoms with van der Waals surface area (Å²) in [5.41, 5.74) is 16.2. The maximum absolute atomic E-state index is 6.16. The third kappa shape index (κ3) is 5.41. The Morgan fingerprint density at radius 2 is 1.09 bits per heavy atom. The Balaban J connectivity index is 1.07. The second-order valence-electron chi connectivity index (χ2n) is 14.8. The SMILES string of the molecule is c1ccc(C2Cc3ccc(-c4ccc5c(c4)-c4ccccc4CO5)cc3-c3ccc(N(c4ccccc4)c4ccc5ccc6ccccc6c5c4)cc32)cc1. The lowest BCUT2D eigenvalue weighted by atomic mass is 9.75. The van der Waals surface area contributed by atoms with Crippen molar-refractivity contribution in [3.8, 4) is 39.1 Å². The van der Waals surface area contributed by atoms with E-state index in [2.05, 4.69) is 199 Å². The summed E-state index contributed by atoms with van der Waals surface area (Å²) < 4.78 is 6.16. The van der Waals surface area contributed by atoms with E-state index in [-0.39, 0.29) is 5.92 Å². The number of para-hydroxylation sites is 1. The van der Waals surface area contributed by atoms with E-state index in [4.69, 9.17) is 4.74 Å². The van der Waals surface area contributed by atoms with Crippen molar-refractivity contribution in [1.29, 1.82) is 0 Å². The van der Waals surface area contributed by atoms with Crippen LogP contribution in [0.25, 0.3) is 54.9 Å². The zero-order valence-corrected chi connectivity index (χ0v) is 30.3. The molecule has 0 N–H and O–H groups in total. The Bertz CT molecular complexity index is 2910. The van der Waals surface area contributed by atoms with Gasteiger partial charge in [-0.25, -0.2) is 0 Å². The van der Waals surface area contributed by atoms with Crippen LogP contribution in [0.2, 0.25) is 0 Å². The Morgan fingerprint density at radius 3 is 1.96 bits per heavy atom. The molecular weight excluding hydrogens is 667 g/mol. The molecule has 1 unspecified atom stereocenters. The Kier molecular flexibility index (Phi) is 7.41. The lowest BCUT2D eigenvalue weighted by Gasteiger charge is -2.32. The summed E-state index contributed by atoms with van der Waals surface area (Å²) in [7, 11) is 0. The van der Waals surface area contributed by atoms with Gasteiger partial charge in [-0.15, -0.1) is 0 Å². The molecule has 1 atom stereocenters. The van der Waals surface area contributed by atoms with Crippen molar-refractivity contribution < 1.29 is 4.74 Å². The highest BCUT2D eigenvalue weighted by Gasteiger charge is 2.28. The zero-order chi connectivity index (χ0) is 36.3. The molecule has 2 heteroatoms. The first-order valence-corrected chi connectivity index (χ1v) is 19.2. The van der Waals surface area contributed by atoms with Crippen molar-refractivity contribution in [2.45, 2.75) is 18.9 Å². The van der Waals surface area contributed by atoms with Crippen LogP contribution in [-0.2, 0) is 13.0 Å².